The Kier molecular flexibility index (Phi) is 3.91. The number of nitrogen functional groups attached to an aromatic ring is 1. The molecule has 0 unspecified atom stereocenters. The first-order valence-electron chi connectivity index (χ1n) is 8.96. The fourth-order valence-corrected chi connectivity index (χ4v) is 3.58. The van der Waals surface area contributed by atoms with E-state index >= 15 is 0 Å². The highest BCUT2D eigenvalue weighted by Crippen LogP contribution is 2.34. The summed E-state index contributed by atoms with van der Waals surface area (Å²) >= 11 is 0. The lowest BCUT2D eigenvalue weighted by Gasteiger charge is -2.27. The molecule has 0 aliphatic carbocycles. The van der Waals surface area contributed by atoms with E-state index in [0.717, 1.165) is 24.3 Å². The lowest BCUT2D eigenvalue weighted by molar-refractivity contribution is 0.640. The van der Waals surface area contributed by atoms with Crippen molar-refractivity contribution in [3.63, 3.8) is 0 Å². The molecule has 2 N–H and O–H groups in total. The predicted molar refractivity (Wildman–Crippen MR) is 106 cm³/mol. The minimum Gasteiger partial charge on any atom is -0.368 e. The van der Waals surface area contributed by atoms with Gasteiger partial charge in [-0.2, -0.15) is 0 Å². The highest BCUT2D eigenvalue weighted by Gasteiger charge is 2.25. The molecule has 4 heteroatoms. The number of rotatable bonds is 3. The third-order valence-corrected chi connectivity index (χ3v) is 5.40. The summed E-state index contributed by atoms with van der Waals surface area (Å²) in [7, 11) is 0. The number of anilines is 2. The summed E-state index contributed by atoms with van der Waals surface area (Å²) in [5.41, 5.74) is 13.0. The molecule has 0 amide bonds. The molecule has 4 nitrogen and oxygen atoms in total. The van der Waals surface area contributed by atoms with Gasteiger partial charge < -0.3 is 10.6 Å². The Morgan fingerprint density at radius 3 is 2.19 bits per heavy atom. The number of nitrogens with two attached hydrogens (primary N) is 1. The van der Waals surface area contributed by atoms with Crippen molar-refractivity contribution in [2.45, 2.75) is 39.3 Å². The van der Waals surface area contributed by atoms with Crippen molar-refractivity contribution in [3.8, 4) is 0 Å². The molecule has 0 spiro atoms. The Hall–Kier alpha value is -2.88. The SMILES string of the molecule is Cc1ccc(C(C)(C)c2ccc(N3Cc4cnc(N)nc4C3)cc2)cc1. The standard InChI is InChI=1S/C22H24N4/c1-15-4-6-17(7-5-15)22(2,3)18-8-10-19(11-9-18)26-13-16-12-24-21(23)25-20(16)14-26/h4-12H,13-14H2,1-3H3,(H2,23,24,25). The summed E-state index contributed by atoms with van der Waals surface area (Å²) in [4.78, 5) is 10.8. The van der Waals surface area contributed by atoms with Crippen LogP contribution in [-0.4, -0.2) is 9.97 Å². The van der Waals surface area contributed by atoms with E-state index in [9.17, 15) is 0 Å². The average Bonchev–Trinajstić information content (AvgIpc) is 3.05. The van der Waals surface area contributed by atoms with Gasteiger partial charge in [0.2, 0.25) is 5.95 Å². The van der Waals surface area contributed by atoms with Gasteiger partial charge >= 0.3 is 0 Å². The predicted octanol–water partition coefficient (Wildman–Crippen LogP) is 4.21. The van der Waals surface area contributed by atoms with Crippen LogP contribution in [0.3, 0.4) is 0 Å². The molecule has 0 saturated heterocycles. The van der Waals surface area contributed by atoms with E-state index in [4.69, 9.17) is 5.73 Å². The summed E-state index contributed by atoms with van der Waals surface area (Å²) in [6.45, 7) is 8.28. The maximum Gasteiger partial charge on any atom is 0.220 e. The fourth-order valence-electron chi connectivity index (χ4n) is 3.58. The Morgan fingerprint density at radius 2 is 1.54 bits per heavy atom. The van der Waals surface area contributed by atoms with Gasteiger partial charge in [0.1, 0.15) is 0 Å². The van der Waals surface area contributed by atoms with Crippen LogP contribution < -0.4 is 10.6 Å². The zero-order valence-electron chi connectivity index (χ0n) is 15.5. The molecule has 0 saturated carbocycles. The topological polar surface area (TPSA) is 55.0 Å². The van der Waals surface area contributed by atoms with Crippen LogP contribution in [0.2, 0.25) is 0 Å². The Balaban J connectivity index is 1.57. The monoisotopic (exact) mass is 344 g/mol. The number of nitrogens with zero attached hydrogens (tertiary/aromatic N) is 3. The number of aryl methyl sites for hydroxylation is 1. The van der Waals surface area contributed by atoms with E-state index in [1.54, 1.807) is 0 Å². The van der Waals surface area contributed by atoms with Crippen LogP contribution in [0, 0.1) is 6.92 Å². The maximum atomic E-state index is 5.71. The summed E-state index contributed by atoms with van der Waals surface area (Å²) in [6.07, 6.45) is 1.84. The Bertz CT molecular complexity index is 927. The largest absolute Gasteiger partial charge is 0.368 e. The molecule has 26 heavy (non-hydrogen) atoms. The van der Waals surface area contributed by atoms with Crippen molar-refractivity contribution in [3.05, 3.63) is 82.7 Å². The molecule has 0 radical (unpaired) electrons. The summed E-state index contributed by atoms with van der Waals surface area (Å²) in [5, 5.41) is 0. The molecular weight excluding hydrogens is 320 g/mol. The van der Waals surface area contributed by atoms with Gasteiger partial charge in [0.15, 0.2) is 0 Å². The lowest BCUT2D eigenvalue weighted by Crippen LogP contribution is -2.19. The summed E-state index contributed by atoms with van der Waals surface area (Å²) < 4.78 is 0. The van der Waals surface area contributed by atoms with Gasteiger partial charge in [-0.25, -0.2) is 9.97 Å². The summed E-state index contributed by atoms with van der Waals surface area (Å²) in [5.74, 6) is 0.348. The number of benzene rings is 2. The van der Waals surface area contributed by atoms with Crippen LogP contribution in [0.15, 0.2) is 54.7 Å². The van der Waals surface area contributed by atoms with Crippen molar-refractivity contribution in [2.24, 2.45) is 0 Å². The highest BCUT2D eigenvalue weighted by atomic mass is 15.2. The molecule has 132 valence electrons. The number of aromatic nitrogens is 2. The first kappa shape index (κ1) is 16.6. The smallest absolute Gasteiger partial charge is 0.220 e. The van der Waals surface area contributed by atoms with Crippen molar-refractivity contribution in [1.82, 2.24) is 9.97 Å². The van der Waals surface area contributed by atoms with Crippen LogP contribution in [0.1, 0.15) is 41.8 Å². The average molecular weight is 344 g/mol. The van der Waals surface area contributed by atoms with E-state index in [2.05, 4.69) is 84.2 Å². The molecule has 4 rings (SSSR count). The second kappa shape index (κ2) is 6.13. The van der Waals surface area contributed by atoms with Crippen LogP contribution in [-0.2, 0) is 18.5 Å². The first-order chi connectivity index (χ1) is 12.4. The van der Waals surface area contributed by atoms with E-state index in [1.807, 2.05) is 6.20 Å². The number of hydrogen-bond acceptors (Lipinski definition) is 4. The molecular formula is C22H24N4. The Morgan fingerprint density at radius 1 is 0.923 bits per heavy atom. The zero-order chi connectivity index (χ0) is 18.3. The normalized spacial score (nSPS) is 13.7. The number of fused-ring (bicyclic) bond motifs is 1. The molecule has 0 bridgehead atoms. The third kappa shape index (κ3) is 2.92. The van der Waals surface area contributed by atoms with E-state index in [-0.39, 0.29) is 5.41 Å². The molecule has 0 atom stereocenters. The molecule has 2 aromatic carbocycles. The van der Waals surface area contributed by atoms with Crippen LogP contribution in [0.5, 0.6) is 0 Å². The van der Waals surface area contributed by atoms with Crippen LogP contribution >= 0.6 is 0 Å². The summed E-state index contributed by atoms with van der Waals surface area (Å²) in [6, 6.07) is 17.7. The zero-order valence-corrected chi connectivity index (χ0v) is 15.5. The highest BCUT2D eigenvalue weighted by molar-refractivity contribution is 5.53. The van der Waals surface area contributed by atoms with Gasteiger partial charge in [0.05, 0.1) is 12.2 Å². The van der Waals surface area contributed by atoms with E-state index < -0.39 is 0 Å². The molecule has 1 aromatic heterocycles. The van der Waals surface area contributed by atoms with Crippen molar-refractivity contribution < 1.29 is 0 Å². The van der Waals surface area contributed by atoms with Gasteiger partial charge in [-0.15, -0.1) is 0 Å². The lowest BCUT2D eigenvalue weighted by atomic mass is 9.78. The molecule has 1 aliphatic heterocycles. The molecule has 3 aromatic rings. The fraction of sp³-hybridized carbons (Fsp3) is 0.273. The quantitative estimate of drug-likeness (QED) is 0.773. The van der Waals surface area contributed by atoms with Crippen LogP contribution in [0.4, 0.5) is 11.6 Å². The maximum absolute atomic E-state index is 5.71. The van der Waals surface area contributed by atoms with Crippen molar-refractivity contribution in [2.75, 3.05) is 10.6 Å². The van der Waals surface area contributed by atoms with Gasteiger partial charge in [-0.1, -0.05) is 55.8 Å². The van der Waals surface area contributed by atoms with Gasteiger partial charge in [-0.3, -0.25) is 0 Å². The van der Waals surface area contributed by atoms with Gasteiger partial charge in [0.25, 0.3) is 0 Å². The third-order valence-electron chi connectivity index (χ3n) is 5.40. The minimum atomic E-state index is -0.0276. The second-order valence-electron chi connectivity index (χ2n) is 7.59. The van der Waals surface area contributed by atoms with E-state index in [1.165, 1.54) is 22.4 Å². The number of hydrogen-bond donors (Lipinski definition) is 1. The van der Waals surface area contributed by atoms with Crippen LogP contribution in [0.25, 0.3) is 0 Å². The second-order valence-corrected chi connectivity index (χ2v) is 7.59. The van der Waals surface area contributed by atoms with Gasteiger partial charge in [0, 0.05) is 29.4 Å². The molecule has 1 aliphatic rings. The molecule has 2 heterocycles. The minimum absolute atomic E-state index is 0.0276. The van der Waals surface area contributed by atoms with E-state index in [0.29, 0.717) is 5.95 Å². The van der Waals surface area contributed by atoms with Crippen molar-refractivity contribution >= 4 is 11.6 Å². The molecule has 0 fully saturated rings. The van der Waals surface area contributed by atoms with Crippen molar-refractivity contribution in [1.29, 1.82) is 0 Å². The van der Waals surface area contributed by atoms with Gasteiger partial charge in [-0.05, 0) is 30.2 Å². The Labute approximate surface area is 154 Å². The first-order valence-corrected chi connectivity index (χ1v) is 8.96.